The third kappa shape index (κ3) is 2.44. The molecule has 0 radical (unpaired) electrons. The van der Waals surface area contributed by atoms with Gasteiger partial charge in [-0.2, -0.15) is 13.2 Å². The molecule has 0 saturated carbocycles. The number of esters is 2. The van der Waals surface area contributed by atoms with Crippen LogP contribution in [-0.2, 0) is 9.53 Å². The number of aromatic nitrogens is 1. The molecule has 1 aromatic heterocycles. The number of alkyl halides is 3. The Morgan fingerprint density at radius 3 is 2.55 bits per heavy atom. The second-order valence-electron chi connectivity index (χ2n) is 3.76. The highest BCUT2D eigenvalue weighted by molar-refractivity contribution is 6.05. The summed E-state index contributed by atoms with van der Waals surface area (Å²) in [5, 5.41) is 0.172. The summed E-state index contributed by atoms with van der Waals surface area (Å²) in [6.07, 6.45) is -4.02. The summed E-state index contributed by atoms with van der Waals surface area (Å²) in [6, 6.07) is 4.28. The van der Waals surface area contributed by atoms with Gasteiger partial charge >= 0.3 is 18.1 Å². The molecule has 0 aliphatic rings. The molecule has 8 heteroatoms. The van der Waals surface area contributed by atoms with Crippen LogP contribution in [0.4, 0.5) is 13.2 Å². The SMILES string of the molecule is COC(=O)c1cccc2c(OC(=O)C(F)(F)F)c[nH]c12. The molecule has 0 spiro atoms. The zero-order valence-corrected chi connectivity index (χ0v) is 10.1. The predicted molar refractivity (Wildman–Crippen MR) is 61.3 cm³/mol. The van der Waals surface area contributed by atoms with Gasteiger partial charge in [0.25, 0.3) is 0 Å². The Morgan fingerprint density at radius 1 is 1.25 bits per heavy atom. The van der Waals surface area contributed by atoms with Gasteiger partial charge in [0, 0.05) is 11.6 Å². The number of ether oxygens (including phenoxy) is 2. The lowest BCUT2D eigenvalue weighted by Gasteiger charge is -2.05. The number of aromatic amines is 1. The van der Waals surface area contributed by atoms with E-state index in [1.807, 2.05) is 0 Å². The van der Waals surface area contributed by atoms with Crippen LogP contribution >= 0.6 is 0 Å². The Balaban J connectivity index is 2.43. The second-order valence-corrected chi connectivity index (χ2v) is 3.76. The predicted octanol–water partition coefficient (Wildman–Crippen LogP) is 2.42. The van der Waals surface area contributed by atoms with Crippen LogP contribution in [0.25, 0.3) is 10.9 Å². The van der Waals surface area contributed by atoms with Crippen LogP contribution in [0.15, 0.2) is 24.4 Å². The Labute approximate surface area is 110 Å². The van der Waals surface area contributed by atoms with Crippen LogP contribution in [0.1, 0.15) is 10.4 Å². The van der Waals surface area contributed by atoms with Gasteiger partial charge in [-0.1, -0.05) is 6.07 Å². The molecule has 1 aromatic carbocycles. The number of benzene rings is 1. The molecule has 106 valence electrons. The largest absolute Gasteiger partial charge is 0.491 e. The van der Waals surface area contributed by atoms with E-state index >= 15 is 0 Å². The van der Waals surface area contributed by atoms with Crippen LogP contribution in [0.3, 0.4) is 0 Å². The topological polar surface area (TPSA) is 68.4 Å². The van der Waals surface area contributed by atoms with Gasteiger partial charge in [-0.3, -0.25) is 0 Å². The van der Waals surface area contributed by atoms with E-state index in [-0.39, 0.29) is 22.2 Å². The molecular weight excluding hydrogens is 279 g/mol. The van der Waals surface area contributed by atoms with Crippen LogP contribution in [0, 0.1) is 0 Å². The number of carbonyl (C=O) groups excluding carboxylic acids is 2. The van der Waals surface area contributed by atoms with E-state index in [4.69, 9.17) is 0 Å². The first-order valence-corrected chi connectivity index (χ1v) is 5.32. The molecule has 20 heavy (non-hydrogen) atoms. The number of rotatable bonds is 2. The van der Waals surface area contributed by atoms with Crippen LogP contribution in [0.2, 0.25) is 0 Å². The summed E-state index contributed by atoms with van der Waals surface area (Å²) in [4.78, 5) is 24.9. The number of hydrogen-bond donors (Lipinski definition) is 1. The van der Waals surface area contributed by atoms with Gasteiger partial charge in [0.05, 0.1) is 18.2 Å². The Kier molecular flexibility index (Phi) is 3.39. The molecule has 2 aromatic rings. The average Bonchev–Trinajstić information content (AvgIpc) is 2.80. The van der Waals surface area contributed by atoms with E-state index in [2.05, 4.69) is 14.5 Å². The van der Waals surface area contributed by atoms with Crippen molar-refractivity contribution in [2.45, 2.75) is 6.18 Å². The maximum atomic E-state index is 12.1. The molecular formula is C12H8F3NO4. The minimum absolute atomic E-state index is 0.124. The monoisotopic (exact) mass is 287 g/mol. The van der Waals surface area contributed by atoms with Crippen molar-refractivity contribution >= 4 is 22.8 Å². The van der Waals surface area contributed by atoms with E-state index in [1.165, 1.54) is 25.3 Å². The quantitative estimate of drug-likeness (QED) is 0.861. The molecule has 1 heterocycles. The first-order chi connectivity index (χ1) is 9.34. The van der Waals surface area contributed by atoms with Gasteiger partial charge in [0.2, 0.25) is 0 Å². The molecule has 0 fully saturated rings. The number of fused-ring (bicyclic) bond motifs is 1. The lowest BCUT2D eigenvalue weighted by atomic mass is 10.1. The van der Waals surface area contributed by atoms with E-state index < -0.39 is 18.1 Å². The van der Waals surface area contributed by atoms with Gasteiger partial charge < -0.3 is 14.5 Å². The highest BCUT2D eigenvalue weighted by Gasteiger charge is 2.41. The van der Waals surface area contributed by atoms with E-state index in [9.17, 15) is 22.8 Å². The van der Waals surface area contributed by atoms with Gasteiger partial charge in [-0.15, -0.1) is 0 Å². The minimum Gasteiger partial charge on any atom is -0.465 e. The Bertz CT molecular complexity index is 675. The lowest BCUT2D eigenvalue weighted by molar-refractivity contribution is -0.189. The highest BCUT2D eigenvalue weighted by Crippen LogP contribution is 2.30. The normalized spacial score (nSPS) is 11.4. The fraction of sp³-hybridized carbons (Fsp3) is 0.167. The van der Waals surface area contributed by atoms with Crippen molar-refractivity contribution in [3.05, 3.63) is 30.0 Å². The summed E-state index contributed by atoms with van der Waals surface area (Å²) in [7, 11) is 1.18. The van der Waals surface area contributed by atoms with Crippen molar-refractivity contribution < 1.29 is 32.2 Å². The molecule has 0 aliphatic heterocycles. The average molecular weight is 287 g/mol. The second kappa shape index (κ2) is 4.87. The summed E-state index contributed by atoms with van der Waals surface area (Å²) in [6.45, 7) is 0. The number of hydrogen-bond acceptors (Lipinski definition) is 4. The summed E-state index contributed by atoms with van der Waals surface area (Å²) >= 11 is 0. The fourth-order valence-corrected chi connectivity index (χ4v) is 1.65. The zero-order valence-electron chi connectivity index (χ0n) is 10.1. The molecule has 0 amide bonds. The van der Waals surface area contributed by atoms with Crippen molar-refractivity contribution in [2.75, 3.05) is 7.11 Å². The molecule has 0 atom stereocenters. The standard InChI is InChI=1S/C12H8F3NO4/c1-19-10(17)7-4-2-3-6-8(5-16-9(6)7)20-11(18)12(13,14)15/h2-5,16H,1H3. The first kappa shape index (κ1) is 13.9. The van der Waals surface area contributed by atoms with E-state index in [1.54, 1.807) is 0 Å². The van der Waals surface area contributed by atoms with Crippen LogP contribution in [-0.4, -0.2) is 30.2 Å². The van der Waals surface area contributed by atoms with E-state index in [0.717, 1.165) is 6.20 Å². The third-order valence-corrected chi connectivity index (χ3v) is 2.52. The van der Waals surface area contributed by atoms with E-state index in [0.29, 0.717) is 0 Å². The number of H-pyrrole nitrogens is 1. The Hall–Kier alpha value is -2.51. The molecule has 1 N–H and O–H groups in total. The molecule has 0 bridgehead atoms. The molecule has 5 nitrogen and oxygen atoms in total. The van der Waals surface area contributed by atoms with Gasteiger partial charge in [0.1, 0.15) is 0 Å². The molecule has 0 unspecified atom stereocenters. The molecule has 0 saturated heterocycles. The molecule has 2 rings (SSSR count). The number of carbonyl (C=O) groups is 2. The fourth-order valence-electron chi connectivity index (χ4n) is 1.65. The van der Waals surface area contributed by atoms with Gasteiger partial charge in [-0.25, -0.2) is 9.59 Å². The van der Waals surface area contributed by atoms with Gasteiger partial charge in [0.15, 0.2) is 5.75 Å². The summed E-state index contributed by atoms with van der Waals surface area (Å²) in [5.41, 5.74) is 0.351. The number of nitrogens with one attached hydrogen (secondary N) is 1. The van der Waals surface area contributed by atoms with Crippen molar-refractivity contribution in [3.63, 3.8) is 0 Å². The van der Waals surface area contributed by atoms with Crippen LogP contribution in [0.5, 0.6) is 5.75 Å². The zero-order chi connectivity index (χ0) is 14.9. The van der Waals surface area contributed by atoms with Crippen molar-refractivity contribution in [1.29, 1.82) is 0 Å². The lowest BCUT2D eigenvalue weighted by Crippen LogP contribution is -2.27. The third-order valence-electron chi connectivity index (χ3n) is 2.52. The van der Waals surface area contributed by atoms with Crippen LogP contribution < -0.4 is 4.74 Å². The number of methoxy groups -OCH3 is 1. The highest BCUT2D eigenvalue weighted by atomic mass is 19.4. The molecule has 0 aliphatic carbocycles. The minimum atomic E-state index is -5.09. The number of halogens is 3. The number of para-hydroxylation sites is 1. The smallest absolute Gasteiger partial charge is 0.465 e. The Morgan fingerprint density at radius 2 is 1.95 bits per heavy atom. The summed E-state index contributed by atoms with van der Waals surface area (Å²) < 4.78 is 45.2. The first-order valence-electron chi connectivity index (χ1n) is 5.32. The van der Waals surface area contributed by atoms with Crippen molar-refractivity contribution in [2.24, 2.45) is 0 Å². The maximum absolute atomic E-state index is 12.1. The maximum Gasteiger partial charge on any atom is 0.491 e. The summed E-state index contributed by atoms with van der Waals surface area (Å²) in [5.74, 6) is -3.30. The van der Waals surface area contributed by atoms with Crippen molar-refractivity contribution in [3.8, 4) is 5.75 Å². The van der Waals surface area contributed by atoms with Gasteiger partial charge in [-0.05, 0) is 12.1 Å². The van der Waals surface area contributed by atoms with Crippen molar-refractivity contribution in [1.82, 2.24) is 4.98 Å².